The van der Waals surface area contributed by atoms with Gasteiger partial charge in [-0.1, -0.05) is 12.1 Å². The number of hydrogen-bond acceptors (Lipinski definition) is 2. The van der Waals surface area contributed by atoms with E-state index in [9.17, 15) is 4.79 Å². The molecule has 4 heteroatoms. The average molecular weight is 277 g/mol. The summed E-state index contributed by atoms with van der Waals surface area (Å²) in [5, 5.41) is 17.3. The first kappa shape index (κ1) is 23.4. The third kappa shape index (κ3) is 19.8. The molecule has 104 valence electrons. The maximum Gasteiger partial charge on any atom is 2.00 e. The zero-order chi connectivity index (χ0) is 14.7. The molecule has 2 N–H and O–H groups in total. The normalized spacial score (nSPS) is 8.63. The van der Waals surface area contributed by atoms with Gasteiger partial charge in [-0.2, -0.15) is 41.5 Å². The third-order valence-electron chi connectivity index (χ3n) is 1.13. The first-order valence-electron chi connectivity index (χ1n) is 5.73. The molecule has 0 heterocycles. The van der Waals surface area contributed by atoms with Gasteiger partial charge in [-0.05, 0) is 12.1 Å². The molecule has 1 aromatic carbocycles. The van der Waals surface area contributed by atoms with Crippen LogP contribution in [-0.4, -0.2) is 39.2 Å². The van der Waals surface area contributed by atoms with Crippen LogP contribution in [-0.2, 0) is 0 Å². The number of benzene rings is 1. The van der Waals surface area contributed by atoms with Crippen molar-refractivity contribution in [2.45, 2.75) is 41.5 Å². The van der Waals surface area contributed by atoms with Crippen LogP contribution < -0.4 is 0 Å². The second-order valence-electron chi connectivity index (χ2n) is 4.82. The second kappa shape index (κ2) is 13.7. The number of carbonyl (C=O) groups is 1. The van der Waals surface area contributed by atoms with Crippen molar-refractivity contribution in [2.24, 2.45) is 0 Å². The van der Waals surface area contributed by atoms with Gasteiger partial charge in [-0.3, -0.25) is 0 Å². The number of carboxylic acid groups (broad SMARTS) is 1. The van der Waals surface area contributed by atoms with Crippen LogP contribution in [0, 0.1) is 11.8 Å². The Balaban J connectivity index is -0.000000242. The molecule has 1 aromatic rings. The molecular formula is C15H24MgO3. The van der Waals surface area contributed by atoms with Crippen LogP contribution in [0.3, 0.4) is 0 Å². The topological polar surface area (TPSA) is 57.5 Å². The van der Waals surface area contributed by atoms with Crippen molar-refractivity contribution in [3.8, 4) is 5.75 Å². The van der Waals surface area contributed by atoms with Crippen LogP contribution in [0.25, 0.3) is 0 Å². The van der Waals surface area contributed by atoms with E-state index in [1.54, 1.807) is 12.1 Å². The van der Waals surface area contributed by atoms with E-state index in [2.05, 4.69) is 41.5 Å². The van der Waals surface area contributed by atoms with Crippen LogP contribution >= 0.6 is 0 Å². The average Bonchev–Trinajstić information content (AvgIpc) is 2.15. The Labute approximate surface area is 133 Å². The van der Waals surface area contributed by atoms with E-state index in [0.717, 1.165) is 0 Å². The molecule has 0 saturated heterocycles. The molecule has 0 radical (unpaired) electrons. The molecule has 0 aliphatic carbocycles. The fourth-order valence-electron chi connectivity index (χ4n) is 0.654. The fourth-order valence-corrected chi connectivity index (χ4v) is 0.654. The SMILES string of the molecule is C[C-](C)C.C[C-](C)C.O=C(O)c1ccccc1O.[Mg+2]. The standard InChI is InChI=1S/C7H6O3.2C4H9.Mg/c8-6-4-2-1-3-5(6)7(9)10;2*1-4(2)3;/h1-4,8H,(H,9,10);2*1-3H3;/q;2*-1;+2. The number of aromatic hydroxyl groups is 1. The van der Waals surface area contributed by atoms with Gasteiger partial charge in [0, 0.05) is 0 Å². The molecule has 0 atom stereocenters. The molecule has 1 rings (SSSR count). The molecule has 0 unspecified atom stereocenters. The van der Waals surface area contributed by atoms with Crippen molar-refractivity contribution in [3.63, 3.8) is 0 Å². The van der Waals surface area contributed by atoms with Gasteiger partial charge in [0.15, 0.2) is 0 Å². The van der Waals surface area contributed by atoms with Crippen molar-refractivity contribution >= 4 is 29.0 Å². The fraction of sp³-hybridized carbons (Fsp3) is 0.400. The first-order valence-corrected chi connectivity index (χ1v) is 5.73. The Morgan fingerprint density at radius 2 is 1.26 bits per heavy atom. The van der Waals surface area contributed by atoms with E-state index >= 15 is 0 Å². The van der Waals surface area contributed by atoms with E-state index in [4.69, 9.17) is 10.2 Å². The number of aromatic carboxylic acids is 1. The van der Waals surface area contributed by atoms with E-state index in [1.807, 2.05) is 0 Å². The van der Waals surface area contributed by atoms with Crippen molar-refractivity contribution in [1.82, 2.24) is 0 Å². The summed E-state index contributed by atoms with van der Waals surface area (Å²) >= 11 is 0. The Kier molecular flexibility index (Phi) is 16.8. The molecule has 0 spiro atoms. The van der Waals surface area contributed by atoms with Crippen molar-refractivity contribution in [1.29, 1.82) is 0 Å². The Morgan fingerprint density at radius 1 is 0.947 bits per heavy atom. The smallest absolute Gasteiger partial charge is 0.507 e. The molecule has 0 amide bonds. The predicted molar refractivity (Wildman–Crippen MR) is 81.4 cm³/mol. The molecule has 0 aliphatic heterocycles. The zero-order valence-electron chi connectivity index (χ0n) is 12.8. The van der Waals surface area contributed by atoms with Gasteiger partial charge in [0.25, 0.3) is 0 Å². The van der Waals surface area contributed by atoms with Crippen molar-refractivity contribution < 1.29 is 15.0 Å². The van der Waals surface area contributed by atoms with Crippen molar-refractivity contribution in [3.05, 3.63) is 41.7 Å². The Bertz CT molecular complexity index is 324. The van der Waals surface area contributed by atoms with Gasteiger partial charge in [0.05, 0.1) is 0 Å². The summed E-state index contributed by atoms with van der Waals surface area (Å²) < 4.78 is 0. The first-order chi connectivity index (χ1) is 8.18. The molecule has 19 heavy (non-hydrogen) atoms. The zero-order valence-corrected chi connectivity index (χ0v) is 14.2. The van der Waals surface area contributed by atoms with Gasteiger partial charge in [-0.15, -0.1) is 0 Å². The van der Waals surface area contributed by atoms with Gasteiger partial charge in [0.1, 0.15) is 11.3 Å². The third-order valence-corrected chi connectivity index (χ3v) is 1.13. The van der Waals surface area contributed by atoms with Crippen LogP contribution in [0.2, 0.25) is 0 Å². The molecule has 0 aliphatic rings. The Morgan fingerprint density at radius 3 is 1.47 bits per heavy atom. The summed E-state index contributed by atoms with van der Waals surface area (Å²) in [6, 6.07) is 5.81. The minimum Gasteiger partial charge on any atom is -0.507 e. The number of phenols is 1. The van der Waals surface area contributed by atoms with Crippen molar-refractivity contribution in [2.75, 3.05) is 0 Å². The maximum absolute atomic E-state index is 10.3. The van der Waals surface area contributed by atoms with Gasteiger partial charge >= 0.3 is 29.0 Å². The summed E-state index contributed by atoms with van der Waals surface area (Å²) in [5.74, 6) is 1.52. The van der Waals surface area contributed by atoms with E-state index in [0.29, 0.717) is 0 Å². The number of para-hydroxylation sites is 1. The largest absolute Gasteiger partial charge is 2.00 e. The van der Waals surface area contributed by atoms with Gasteiger partial charge in [0.2, 0.25) is 0 Å². The van der Waals surface area contributed by atoms with Crippen LogP contribution in [0.5, 0.6) is 5.75 Å². The van der Waals surface area contributed by atoms with Crippen LogP contribution in [0.4, 0.5) is 0 Å². The monoisotopic (exact) mass is 276 g/mol. The molecule has 0 saturated carbocycles. The predicted octanol–water partition coefficient (Wildman–Crippen LogP) is 3.95. The molecule has 3 nitrogen and oxygen atoms in total. The summed E-state index contributed by atoms with van der Waals surface area (Å²) in [5.41, 5.74) is -0.0671. The second-order valence-corrected chi connectivity index (χ2v) is 4.82. The van der Waals surface area contributed by atoms with E-state index < -0.39 is 5.97 Å². The molecular weight excluding hydrogens is 252 g/mol. The number of carboxylic acids is 1. The van der Waals surface area contributed by atoms with Gasteiger partial charge < -0.3 is 22.0 Å². The molecule has 0 bridgehead atoms. The number of rotatable bonds is 1. The summed E-state index contributed by atoms with van der Waals surface area (Å²) in [6.45, 7) is 12.5. The molecule has 0 aromatic heterocycles. The minimum atomic E-state index is -1.11. The summed E-state index contributed by atoms with van der Waals surface area (Å²) in [4.78, 5) is 10.3. The number of hydrogen-bond donors (Lipinski definition) is 2. The minimum absolute atomic E-state index is 0. The maximum atomic E-state index is 10.3. The molecule has 0 fully saturated rings. The van der Waals surface area contributed by atoms with Crippen LogP contribution in [0.15, 0.2) is 24.3 Å². The van der Waals surface area contributed by atoms with E-state index in [-0.39, 0.29) is 34.4 Å². The van der Waals surface area contributed by atoms with E-state index in [1.165, 1.54) is 24.0 Å². The quantitative estimate of drug-likeness (QED) is 0.603. The Hall–Kier alpha value is -0.744. The van der Waals surface area contributed by atoms with Gasteiger partial charge in [-0.25, -0.2) is 4.79 Å². The summed E-state index contributed by atoms with van der Waals surface area (Å²) in [6.07, 6.45) is 0. The summed E-state index contributed by atoms with van der Waals surface area (Å²) in [7, 11) is 0. The van der Waals surface area contributed by atoms with Crippen LogP contribution in [0.1, 0.15) is 51.9 Å².